The maximum Gasteiger partial charge on any atom is 0.410 e. The first-order valence-electron chi connectivity index (χ1n) is 10.2. The maximum absolute atomic E-state index is 12.5. The van der Waals surface area contributed by atoms with E-state index in [9.17, 15) is 14.7 Å². The molecular weight excluding hydrogens is 386 g/mol. The molecule has 0 aromatic heterocycles. The quantitative estimate of drug-likeness (QED) is 0.651. The molecule has 1 fully saturated rings. The lowest BCUT2D eigenvalue weighted by molar-refractivity contribution is -0.143. The predicted octanol–water partition coefficient (Wildman–Crippen LogP) is 4.61. The molecule has 3 atom stereocenters. The van der Waals surface area contributed by atoms with Gasteiger partial charge in [0.05, 0.1) is 5.92 Å². The van der Waals surface area contributed by atoms with Crippen LogP contribution in [0.4, 0.5) is 4.79 Å². The van der Waals surface area contributed by atoms with E-state index >= 15 is 0 Å². The monoisotopic (exact) mass is 421 g/mol. The van der Waals surface area contributed by atoms with Crippen molar-refractivity contribution in [3.8, 4) is 0 Å². The lowest BCUT2D eigenvalue weighted by Gasteiger charge is -2.37. The second kappa shape index (κ2) is 9.30. The fourth-order valence-corrected chi connectivity index (χ4v) is 4.42. The third-order valence-electron chi connectivity index (χ3n) is 6.39. The molecule has 162 valence electrons. The topological polar surface area (TPSA) is 76.1 Å². The van der Waals surface area contributed by atoms with Crippen LogP contribution in [0.25, 0.3) is 0 Å². The molecule has 2 rings (SSSR count). The first-order valence-corrected chi connectivity index (χ1v) is 13.2. The summed E-state index contributed by atoms with van der Waals surface area (Å²) in [6, 6.07) is 9.46. The minimum absolute atomic E-state index is 0.0390. The van der Waals surface area contributed by atoms with Gasteiger partial charge in [-0.15, -0.1) is 0 Å². The number of aliphatic carboxylic acids is 1. The van der Waals surface area contributed by atoms with Crippen LogP contribution in [-0.2, 0) is 20.6 Å². The molecule has 0 saturated carbocycles. The van der Waals surface area contributed by atoms with Crippen LogP contribution in [0.2, 0.25) is 18.1 Å². The predicted molar refractivity (Wildman–Crippen MR) is 115 cm³/mol. The molecule has 1 aromatic rings. The van der Waals surface area contributed by atoms with E-state index in [1.807, 2.05) is 37.3 Å². The molecule has 0 aliphatic carbocycles. The summed E-state index contributed by atoms with van der Waals surface area (Å²) >= 11 is 0. The van der Waals surface area contributed by atoms with Gasteiger partial charge in [-0.3, -0.25) is 4.79 Å². The minimum atomic E-state index is -1.91. The van der Waals surface area contributed by atoms with Crippen molar-refractivity contribution in [1.82, 2.24) is 4.90 Å². The maximum atomic E-state index is 12.5. The molecule has 6 nitrogen and oxygen atoms in total. The molecule has 1 aliphatic rings. The highest BCUT2D eigenvalue weighted by Gasteiger charge is 2.44. The van der Waals surface area contributed by atoms with Crippen LogP contribution in [0.1, 0.15) is 33.3 Å². The number of amides is 1. The van der Waals surface area contributed by atoms with E-state index in [4.69, 9.17) is 9.16 Å². The van der Waals surface area contributed by atoms with E-state index in [-0.39, 0.29) is 30.0 Å². The number of carboxylic acid groups (broad SMARTS) is 1. The van der Waals surface area contributed by atoms with Crippen LogP contribution < -0.4 is 0 Å². The van der Waals surface area contributed by atoms with Gasteiger partial charge < -0.3 is 19.2 Å². The van der Waals surface area contributed by atoms with Gasteiger partial charge >= 0.3 is 12.1 Å². The van der Waals surface area contributed by atoms with Crippen molar-refractivity contribution in [3.63, 3.8) is 0 Å². The zero-order chi connectivity index (χ0) is 21.8. The number of hydrogen-bond donors (Lipinski definition) is 1. The molecular formula is C22H35NO5Si. The van der Waals surface area contributed by atoms with Crippen LogP contribution in [-0.4, -0.2) is 50.1 Å². The van der Waals surface area contributed by atoms with Gasteiger partial charge in [-0.05, 0) is 35.5 Å². The number of carboxylic acids is 1. The normalized spacial score (nSPS) is 21.1. The van der Waals surface area contributed by atoms with Crippen molar-refractivity contribution in [3.05, 3.63) is 35.9 Å². The number of benzene rings is 1. The van der Waals surface area contributed by atoms with Gasteiger partial charge in [0, 0.05) is 19.7 Å². The molecule has 1 aromatic carbocycles. The fourth-order valence-electron chi connectivity index (χ4n) is 3.31. The smallest absolute Gasteiger partial charge is 0.410 e. The number of rotatable bonds is 7. The molecule has 0 spiro atoms. The lowest BCUT2D eigenvalue weighted by Crippen LogP contribution is -2.43. The van der Waals surface area contributed by atoms with Crippen LogP contribution >= 0.6 is 0 Å². The van der Waals surface area contributed by atoms with E-state index in [1.54, 1.807) is 0 Å². The first kappa shape index (κ1) is 23.4. The molecule has 2 unspecified atom stereocenters. The van der Waals surface area contributed by atoms with Crippen molar-refractivity contribution in [2.24, 2.45) is 17.8 Å². The Bertz CT molecular complexity index is 701. The second-order valence-electron chi connectivity index (χ2n) is 9.60. The highest BCUT2D eigenvalue weighted by molar-refractivity contribution is 6.74. The van der Waals surface area contributed by atoms with Gasteiger partial charge in [-0.25, -0.2) is 4.79 Å². The molecule has 1 amide bonds. The largest absolute Gasteiger partial charge is 0.481 e. The third-order valence-corrected chi connectivity index (χ3v) is 10.9. The van der Waals surface area contributed by atoms with Crippen LogP contribution in [0, 0.1) is 17.8 Å². The zero-order valence-electron chi connectivity index (χ0n) is 18.5. The average Bonchev–Trinajstić information content (AvgIpc) is 3.10. The second-order valence-corrected chi connectivity index (χ2v) is 14.4. The van der Waals surface area contributed by atoms with E-state index in [1.165, 1.54) is 4.90 Å². The van der Waals surface area contributed by atoms with Crippen LogP contribution in [0.5, 0.6) is 0 Å². The summed E-state index contributed by atoms with van der Waals surface area (Å²) in [5.41, 5.74) is 0.905. The van der Waals surface area contributed by atoms with Gasteiger partial charge in [0.25, 0.3) is 0 Å². The van der Waals surface area contributed by atoms with Crippen molar-refractivity contribution in [2.45, 2.75) is 52.4 Å². The SMILES string of the molecule is C[C@@H](CO[Si](C)(C)C(C)(C)C)C1CN(C(=O)OCc2ccccc2)CC1C(=O)O. The molecule has 29 heavy (non-hydrogen) atoms. The molecule has 0 radical (unpaired) electrons. The molecule has 7 heteroatoms. The molecule has 1 aliphatic heterocycles. The van der Waals surface area contributed by atoms with Gasteiger partial charge in [0.15, 0.2) is 8.32 Å². The Hall–Kier alpha value is -1.86. The van der Waals surface area contributed by atoms with E-state index in [2.05, 4.69) is 33.9 Å². The first-order chi connectivity index (χ1) is 13.4. The van der Waals surface area contributed by atoms with E-state index in [0.29, 0.717) is 13.2 Å². The number of carbonyl (C=O) groups is 2. The average molecular weight is 422 g/mol. The van der Waals surface area contributed by atoms with Gasteiger partial charge in [0.1, 0.15) is 6.61 Å². The Morgan fingerprint density at radius 3 is 2.38 bits per heavy atom. The Morgan fingerprint density at radius 1 is 1.21 bits per heavy atom. The standard InChI is InChI=1S/C22H35NO5Si/c1-16(14-28-29(5,6)22(2,3)4)18-12-23(13-19(18)20(24)25)21(26)27-15-17-10-8-7-9-11-17/h7-11,16,18-19H,12-15H2,1-6H3,(H,24,25)/t16-,18?,19?/m0/s1. The van der Waals surface area contributed by atoms with Crippen molar-refractivity contribution in [2.75, 3.05) is 19.7 Å². The number of ether oxygens (including phenoxy) is 1. The Balaban J connectivity index is 1.97. The summed E-state index contributed by atoms with van der Waals surface area (Å²) in [4.78, 5) is 25.8. The summed E-state index contributed by atoms with van der Waals surface area (Å²) < 4.78 is 11.7. The minimum Gasteiger partial charge on any atom is -0.481 e. The molecule has 0 bridgehead atoms. The molecule has 1 heterocycles. The lowest BCUT2D eigenvalue weighted by atomic mass is 9.85. The van der Waals surface area contributed by atoms with Gasteiger partial charge in [-0.1, -0.05) is 58.0 Å². The Kier molecular flexibility index (Phi) is 7.51. The summed E-state index contributed by atoms with van der Waals surface area (Å²) in [6.45, 7) is 14.2. The van der Waals surface area contributed by atoms with Crippen molar-refractivity contribution in [1.29, 1.82) is 0 Å². The summed E-state index contributed by atoms with van der Waals surface area (Å²) in [6.07, 6.45) is -0.458. The highest BCUT2D eigenvalue weighted by atomic mass is 28.4. The van der Waals surface area contributed by atoms with Gasteiger partial charge in [-0.2, -0.15) is 0 Å². The van der Waals surface area contributed by atoms with E-state index < -0.39 is 26.3 Å². The third kappa shape index (κ3) is 6.06. The Labute approximate surface area is 175 Å². The van der Waals surface area contributed by atoms with Crippen LogP contribution in [0.3, 0.4) is 0 Å². The number of hydrogen-bond acceptors (Lipinski definition) is 4. The van der Waals surface area contributed by atoms with Crippen molar-refractivity contribution >= 4 is 20.4 Å². The van der Waals surface area contributed by atoms with Crippen molar-refractivity contribution < 1.29 is 23.9 Å². The van der Waals surface area contributed by atoms with E-state index in [0.717, 1.165) is 5.56 Å². The van der Waals surface area contributed by atoms with Gasteiger partial charge in [0.2, 0.25) is 0 Å². The summed E-state index contributed by atoms with van der Waals surface area (Å²) in [5, 5.41) is 9.79. The fraction of sp³-hybridized carbons (Fsp3) is 0.636. The number of likely N-dealkylation sites (tertiary alicyclic amines) is 1. The highest BCUT2D eigenvalue weighted by Crippen LogP contribution is 2.38. The number of nitrogens with zero attached hydrogens (tertiary/aromatic N) is 1. The number of carbonyl (C=O) groups excluding carboxylic acids is 1. The molecule has 1 saturated heterocycles. The summed E-state index contributed by atoms with van der Waals surface area (Å²) in [7, 11) is -1.91. The summed E-state index contributed by atoms with van der Waals surface area (Å²) in [5.74, 6) is -1.58. The van der Waals surface area contributed by atoms with Crippen LogP contribution in [0.15, 0.2) is 30.3 Å². The Morgan fingerprint density at radius 2 is 1.83 bits per heavy atom. The molecule has 1 N–H and O–H groups in total. The zero-order valence-corrected chi connectivity index (χ0v) is 19.5.